The summed E-state index contributed by atoms with van der Waals surface area (Å²) in [5.41, 5.74) is 3.15. The second kappa shape index (κ2) is 8.17. The number of hydrogen-bond donors (Lipinski definition) is 2. The zero-order valence-electron chi connectivity index (χ0n) is 12.3. The maximum absolute atomic E-state index is 12.0. The van der Waals surface area contributed by atoms with Gasteiger partial charge in [-0.3, -0.25) is 9.78 Å². The molecule has 0 aliphatic heterocycles. The number of pyridine rings is 1. The van der Waals surface area contributed by atoms with Crippen molar-refractivity contribution in [2.45, 2.75) is 26.3 Å². The quantitative estimate of drug-likeness (QED) is 0.821. The molecule has 0 aliphatic rings. The molecule has 2 aromatic rings. The van der Waals surface area contributed by atoms with E-state index >= 15 is 0 Å². The Balaban J connectivity index is 1.84. The van der Waals surface area contributed by atoms with Gasteiger partial charge in [-0.1, -0.05) is 19.1 Å². The highest BCUT2D eigenvalue weighted by atomic mass is 16.1. The fraction of sp³-hybridized carbons (Fsp3) is 0.294. The van der Waals surface area contributed by atoms with Gasteiger partial charge in [0.25, 0.3) is 0 Å². The second-order valence-electron chi connectivity index (χ2n) is 4.88. The third kappa shape index (κ3) is 5.36. The molecule has 0 saturated heterocycles. The molecule has 0 saturated carbocycles. The highest BCUT2D eigenvalue weighted by Crippen LogP contribution is 2.11. The predicted molar refractivity (Wildman–Crippen MR) is 85.0 cm³/mol. The fourth-order valence-electron chi connectivity index (χ4n) is 2.06. The Kier molecular flexibility index (Phi) is 5.91. The van der Waals surface area contributed by atoms with E-state index in [4.69, 9.17) is 0 Å². The second-order valence-corrected chi connectivity index (χ2v) is 4.88. The van der Waals surface area contributed by atoms with Gasteiger partial charge in [-0.15, -0.1) is 0 Å². The topological polar surface area (TPSA) is 54.0 Å². The number of rotatable bonds is 7. The average Bonchev–Trinajstić information content (AvgIpc) is 2.52. The van der Waals surface area contributed by atoms with Crippen LogP contribution in [0.5, 0.6) is 0 Å². The highest BCUT2D eigenvalue weighted by Gasteiger charge is 2.04. The van der Waals surface area contributed by atoms with Gasteiger partial charge in [0.1, 0.15) is 0 Å². The third-order valence-corrected chi connectivity index (χ3v) is 3.18. The van der Waals surface area contributed by atoms with E-state index in [2.05, 4.69) is 28.6 Å². The predicted octanol–water partition coefficient (Wildman–Crippen LogP) is 2.76. The summed E-state index contributed by atoms with van der Waals surface area (Å²) in [5.74, 6) is 0.0346. The number of aromatic nitrogens is 1. The van der Waals surface area contributed by atoms with E-state index in [9.17, 15) is 4.79 Å². The van der Waals surface area contributed by atoms with Crippen LogP contribution in [0.1, 0.15) is 24.5 Å². The lowest BCUT2D eigenvalue weighted by molar-refractivity contribution is -0.116. The molecule has 0 bridgehead atoms. The summed E-state index contributed by atoms with van der Waals surface area (Å²) in [5, 5.41) is 6.22. The zero-order chi connectivity index (χ0) is 14.9. The van der Waals surface area contributed by atoms with Gasteiger partial charge in [-0.25, -0.2) is 0 Å². The molecule has 1 aromatic heterocycles. The van der Waals surface area contributed by atoms with Crippen molar-refractivity contribution in [1.29, 1.82) is 0 Å². The largest absolute Gasteiger partial charge is 0.326 e. The maximum atomic E-state index is 12.0. The normalized spacial score (nSPS) is 10.3. The Hall–Kier alpha value is -2.20. The van der Waals surface area contributed by atoms with E-state index in [-0.39, 0.29) is 5.91 Å². The molecule has 2 rings (SSSR count). The molecule has 21 heavy (non-hydrogen) atoms. The molecular weight excluding hydrogens is 262 g/mol. The van der Waals surface area contributed by atoms with E-state index in [1.165, 1.54) is 5.56 Å². The van der Waals surface area contributed by atoms with Crippen molar-refractivity contribution in [1.82, 2.24) is 10.3 Å². The van der Waals surface area contributed by atoms with Gasteiger partial charge in [0.15, 0.2) is 0 Å². The lowest BCUT2D eigenvalue weighted by Crippen LogP contribution is -2.14. The molecule has 0 atom stereocenters. The van der Waals surface area contributed by atoms with Gasteiger partial charge in [0.05, 0.1) is 0 Å². The highest BCUT2D eigenvalue weighted by molar-refractivity contribution is 5.90. The standard InChI is InChI=1S/C17H21N3O/c1-2-18-13-15-4-3-5-16(12-15)20-17(21)7-6-14-8-10-19-11-9-14/h3-5,8-12,18H,2,6-7,13H2,1H3,(H,20,21). The summed E-state index contributed by atoms with van der Waals surface area (Å²) in [4.78, 5) is 15.9. The minimum atomic E-state index is 0.0346. The molecule has 0 aliphatic carbocycles. The number of nitrogens with zero attached hydrogens (tertiary/aromatic N) is 1. The number of benzene rings is 1. The van der Waals surface area contributed by atoms with Crippen LogP contribution in [0.4, 0.5) is 5.69 Å². The number of carbonyl (C=O) groups excluding carboxylic acids is 1. The number of nitrogens with one attached hydrogen (secondary N) is 2. The van der Waals surface area contributed by atoms with Crippen LogP contribution < -0.4 is 10.6 Å². The number of aryl methyl sites for hydroxylation is 1. The van der Waals surface area contributed by atoms with E-state index in [0.717, 1.165) is 30.8 Å². The summed E-state index contributed by atoms with van der Waals surface area (Å²) in [7, 11) is 0. The van der Waals surface area contributed by atoms with Gasteiger partial charge in [0, 0.05) is 31.0 Å². The smallest absolute Gasteiger partial charge is 0.224 e. The molecule has 1 aromatic carbocycles. The van der Waals surface area contributed by atoms with Crippen molar-refractivity contribution in [3.05, 3.63) is 59.9 Å². The van der Waals surface area contributed by atoms with Crippen LogP contribution in [-0.2, 0) is 17.8 Å². The van der Waals surface area contributed by atoms with Crippen molar-refractivity contribution < 1.29 is 4.79 Å². The first-order chi connectivity index (χ1) is 10.3. The Labute approximate surface area is 125 Å². The monoisotopic (exact) mass is 283 g/mol. The first-order valence-electron chi connectivity index (χ1n) is 7.26. The Morgan fingerprint density at radius 2 is 1.95 bits per heavy atom. The van der Waals surface area contributed by atoms with Crippen molar-refractivity contribution in [2.24, 2.45) is 0 Å². The molecule has 0 radical (unpaired) electrons. The minimum Gasteiger partial charge on any atom is -0.326 e. The Bertz CT molecular complexity index is 569. The number of anilines is 1. The third-order valence-electron chi connectivity index (χ3n) is 3.18. The first kappa shape index (κ1) is 15.2. The molecule has 110 valence electrons. The molecule has 4 heteroatoms. The van der Waals surface area contributed by atoms with Gasteiger partial charge in [0.2, 0.25) is 5.91 Å². The lowest BCUT2D eigenvalue weighted by Gasteiger charge is -2.08. The summed E-state index contributed by atoms with van der Waals surface area (Å²) in [6.07, 6.45) is 4.70. The van der Waals surface area contributed by atoms with Gasteiger partial charge in [-0.05, 0) is 48.4 Å². The first-order valence-corrected chi connectivity index (χ1v) is 7.26. The molecule has 1 amide bonds. The summed E-state index contributed by atoms with van der Waals surface area (Å²) < 4.78 is 0. The Morgan fingerprint density at radius 1 is 1.14 bits per heavy atom. The number of carbonyl (C=O) groups is 1. The van der Waals surface area contributed by atoms with Crippen molar-refractivity contribution in [3.8, 4) is 0 Å². The summed E-state index contributed by atoms with van der Waals surface area (Å²) in [6, 6.07) is 11.8. The molecule has 0 unspecified atom stereocenters. The van der Waals surface area contributed by atoms with Crippen LogP contribution >= 0.6 is 0 Å². The SMILES string of the molecule is CCNCc1cccc(NC(=O)CCc2ccncc2)c1. The van der Waals surface area contributed by atoms with E-state index in [1.54, 1.807) is 12.4 Å². The lowest BCUT2D eigenvalue weighted by atomic mass is 10.1. The summed E-state index contributed by atoms with van der Waals surface area (Å²) in [6.45, 7) is 3.82. The van der Waals surface area contributed by atoms with E-state index < -0.39 is 0 Å². The molecule has 0 fully saturated rings. The average molecular weight is 283 g/mol. The van der Waals surface area contributed by atoms with Crippen LogP contribution in [0.25, 0.3) is 0 Å². The Morgan fingerprint density at radius 3 is 2.71 bits per heavy atom. The molecular formula is C17H21N3O. The minimum absolute atomic E-state index is 0.0346. The van der Waals surface area contributed by atoms with E-state index in [0.29, 0.717) is 6.42 Å². The van der Waals surface area contributed by atoms with Gasteiger partial charge in [-0.2, -0.15) is 0 Å². The van der Waals surface area contributed by atoms with Crippen molar-refractivity contribution in [3.63, 3.8) is 0 Å². The number of amides is 1. The van der Waals surface area contributed by atoms with Crippen LogP contribution in [0.2, 0.25) is 0 Å². The molecule has 1 heterocycles. The molecule has 4 nitrogen and oxygen atoms in total. The van der Waals surface area contributed by atoms with Gasteiger partial charge >= 0.3 is 0 Å². The fourth-order valence-corrected chi connectivity index (χ4v) is 2.06. The van der Waals surface area contributed by atoms with Crippen LogP contribution in [-0.4, -0.2) is 17.4 Å². The van der Waals surface area contributed by atoms with Crippen molar-refractivity contribution in [2.75, 3.05) is 11.9 Å². The van der Waals surface area contributed by atoms with Crippen molar-refractivity contribution >= 4 is 11.6 Å². The van der Waals surface area contributed by atoms with E-state index in [1.807, 2.05) is 30.3 Å². The summed E-state index contributed by atoms with van der Waals surface area (Å²) >= 11 is 0. The molecule has 2 N–H and O–H groups in total. The van der Waals surface area contributed by atoms with Crippen LogP contribution in [0.3, 0.4) is 0 Å². The molecule has 0 spiro atoms. The van der Waals surface area contributed by atoms with Crippen LogP contribution in [0, 0.1) is 0 Å². The van der Waals surface area contributed by atoms with Crippen LogP contribution in [0.15, 0.2) is 48.8 Å². The van der Waals surface area contributed by atoms with Gasteiger partial charge < -0.3 is 10.6 Å². The maximum Gasteiger partial charge on any atom is 0.224 e. The number of hydrogen-bond acceptors (Lipinski definition) is 3. The zero-order valence-corrected chi connectivity index (χ0v) is 12.3.